The quantitative estimate of drug-likeness (QED) is 0.639. The van der Waals surface area contributed by atoms with Crippen molar-refractivity contribution < 1.29 is 5.11 Å². The highest BCUT2D eigenvalue weighted by Gasteiger charge is 2.12. The minimum atomic E-state index is 0.366. The monoisotopic (exact) mass is 285 g/mol. The van der Waals surface area contributed by atoms with Gasteiger partial charge in [-0.15, -0.1) is 0 Å². The third-order valence-electron chi connectivity index (χ3n) is 3.80. The molecule has 0 fully saturated rings. The van der Waals surface area contributed by atoms with Gasteiger partial charge in [-0.3, -0.25) is 0 Å². The fraction of sp³-hybridized carbons (Fsp3) is 0.176. The van der Waals surface area contributed by atoms with E-state index >= 15 is 0 Å². The molecule has 0 saturated heterocycles. The Balaban J connectivity index is 2.27. The number of aromatic nitrogens is 1. The molecule has 0 spiro atoms. The third-order valence-corrected chi connectivity index (χ3v) is 4.04. The number of aromatic amines is 1. The van der Waals surface area contributed by atoms with Crippen LogP contribution in [0.2, 0.25) is 5.02 Å². The van der Waals surface area contributed by atoms with Crippen LogP contribution in [-0.2, 0) is 0 Å². The number of aromatic hydroxyl groups is 1. The lowest BCUT2D eigenvalue weighted by Crippen LogP contribution is -1.86. The number of rotatable bonds is 1. The summed E-state index contributed by atoms with van der Waals surface area (Å²) in [5.74, 6) is 0.366. The summed E-state index contributed by atoms with van der Waals surface area (Å²) in [4.78, 5) is 3.44. The van der Waals surface area contributed by atoms with Crippen LogP contribution < -0.4 is 0 Å². The number of phenolic OH excluding ortho intramolecular Hbond substituents is 1. The topological polar surface area (TPSA) is 36.0 Å². The molecule has 0 amide bonds. The molecule has 0 atom stereocenters. The first-order chi connectivity index (χ1) is 9.47. The second-order valence-electron chi connectivity index (χ2n) is 5.27. The van der Waals surface area contributed by atoms with Crippen LogP contribution in [0.3, 0.4) is 0 Å². The van der Waals surface area contributed by atoms with Gasteiger partial charge in [-0.1, -0.05) is 11.6 Å². The second kappa shape index (κ2) is 4.57. The van der Waals surface area contributed by atoms with Crippen molar-refractivity contribution in [1.82, 2.24) is 4.98 Å². The predicted molar refractivity (Wildman–Crippen MR) is 84.6 cm³/mol. The Morgan fingerprint density at radius 1 is 1.00 bits per heavy atom. The summed E-state index contributed by atoms with van der Waals surface area (Å²) in [6, 6.07) is 9.86. The maximum absolute atomic E-state index is 9.90. The van der Waals surface area contributed by atoms with E-state index < -0.39 is 0 Å². The number of fused-ring (bicyclic) bond motifs is 1. The van der Waals surface area contributed by atoms with Gasteiger partial charge in [-0.2, -0.15) is 0 Å². The zero-order chi connectivity index (χ0) is 14.4. The number of aryl methyl sites for hydroxylation is 3. The first kappa shape index (κ1) is 13.1. The average molecular weight is 286 g/mol. The Bertz CT molecular complexity index is 794. The predicted octanol–water partition coefficient (Wildman–Crippen LogP) is 5.12. The van der Waals surface area contributed by atoms with E-state index in [1.54, 1.807) is 0 Å². The van der Waals surface area contributed by atoms with Crippen LogP contribution in [0.1, 0.15) is 16.7 Å². The Hall–Kier alpha value is -1.93. The van der Waals surface area contributed by atoms with Crippen LogP contribution in [0.25, 0.3) is 22.2 Å². The largest absolute Gasteiger partial charge is 0.507 e. The summed E-state index contributed by atoms with van der Waals surface area (Å²) in [5, 5.41) is 11.8. The van der Waals surface area contributed by atoms with E-state index in [2.05, 4.69) is 11.9 Å². The zero-order valence-electron chi connectivity index (χ0n) is 11.7. The molecule has 0 radical (unpaired) electrons. The van der Waals surface area contributed by atoms with Crippen LogP contribution in [0.15, 0.2) is 30.3 Å². The van der Waals surface area contributed by atoms with E-state index in [0.717, 1.165) is 38.3 Å². The van der Waals surface area contributed by atoms with E-state index in [9.17, 15) is 5.11 Å². The molecule has 0 unspecified atom stereocenters. The molecule has 0 aliphatic heterocycles. The van der Waals surface area contributed by atoms with Crippen molar-refractivity contribution in [3.8, 4) is 17.0 Å². The lowest BCUT2D eigenvalue weighted by atomic mass is 10.0. The molecule has 2 aromatic carbocycles. The van der Waals surface area contributed by atoms with Crippen molar-refractivity contribution in [2.45, 2.75) is 20.8 Å². The van der Waals surface area contributed by atoms with Gasteiger partial charge >= 0.3 is 0 Å². The SMILES string of the molecule is Cc1cc(-c2[nH]c3ccc(Cl)cc3c2C)cc(C)c1O. The average Bonchev–Trinajstić information content (AvgIpc) is 2.73. The van der Waals surface area contributed by atoms with Crippen LogP contribution in [-0.4, -0.2) is 10.1 Å². The van der Waals surface area contributed by atoms with Crippen molar-refractivity contribution in [2.75, 3.05) is 0 Å². The molecule has 20 heavy (non-hydrogen) atoms. The van der Waals surface area contributed by atoms with E-state index in [0.29, 0.717) is 5.75 Å². The molecular formula is C17H16ClNO. The zero-order valence-corrected chi connectivity index (χ0v) is 12.5. The van der Waals surface area contributed by atoms with E-state index in [1.165, 1.54) is 5.56 Å². The Morgan fingerprint density at radius 2 is 1.65 bits per heavy atom. The molecule has 3 rings (SSSR count). The first-order valence-corrected chi connectivity index (χ1v) is 6.93. The normalized spacial score (nSPS) is 11.2. The first-order valence-electron chi connectivity index (χ1n) is 6.56. The van der Waals surface area contributed by atoms with Gasteiger partial charge in [-0.05, 0) is 73.4 Å². The van der Waals surface area contributed by atoms with Gasteiger partial charge in [0.25, 0.3) is 0 Å². The summed E-state index contributed by atoms with van der Waals surface area (Å²) in [6.07, 6.45) is 0. The van der Waals surface area contributed by atoms with Crippen molar-refractivity contribution in [1.29, 1.82) is 0 Å². The maximum atomic E-state index is 9.90. The van der Waals surface area contributed by atoms with Gasteiger partial charge in [0.15, 0.2) is 0 Å². The number of hydrogen-bond donors (Lipinski definition) is 2. The summed E-state index contributed by atoms with van der Waals surface area (Å²) in [7, 11) is 0. The maximum Gasteiger partial charge on any atom is 0.121 e. The summed E-state index contributed by atoms with van der Waals surface area (Å²) in [5.41, 5.74) is 6.18. The summed E-state index contributed by atoms with van der Waals surface area (Å²) in [6.45, 7) is 5.92. The van der Waals surface area contributed by atoms with Crippen LogP contribution in [0.5, 0.6) is 5.75 Å². The Labute approximate surface area is 123 Å². The van der Waals surface area contributed by atoms with Crippen molar-refractivity contribution in [3.05, 3.63) is 52.0 Å². The number of hydrogen-bond acceptors (Lipinski definition) is 1. The fourth-order valence-electron chi connectivity index (χ4n) is 2.69. The molecule has 0 aliphatic rings. The van der Waals surface area contributed by atoms with Gasteiger partial charge in [0, 0.05) is 21.6 Å². The second-order valence-corrected chi connectivity index (χ2v) is 5.71. The molecule has 1 heterocycles. The summed E-state index contributed by atoms with van der Waals surface area (Å²) < 4.78 is 0. The molecular weight excluding hydrogens is 270 g/mol. The standard InChI is InChI=1S/C17H16ClNO/c1-9-6-12(7-10(2)17(9)20)16-11(3)14-8-13(18)4-5-15(14)19-16/h4-8,19-20H,1-3H3. The van der Waals surface area contributed by atoms with Gasteiger partial charge in [0.05, 0.1) is 0 Å². The van der Waals surface area contributed by atoms with Gasteiger partial charge in [0.1, 0.15) is 5.75 Å². The number of nitrogens with one attached hydrogen (secondary N) is 1. The highest BCUT2D eigenvalue weighted by Crippen LogP contribution is 2.34. The molecule has 102 valence electrons. The number of benzene rings is 2. The summed E-state index contributed by atoms with van der Waals surface area (Å²) >= 11 is 6.07. The third kappa shape index (κ3) is 1.97. The lowest BCUT2D eigenvalue weighted by Gasteiger charge is -2.07. The smallest absolute Gasteiger partial charge is 0.121 e. The van der Waals surface area contributed by atoms with E-state index in [1.807, 2.05) is 44.2 Å². The molecule has 2 nitrogen and oxygen atoms in total. The number of halogens is 1. The van der Waals surface area contributed by atoms with Crippen LogP contribution in [0.4, 0.5) is 0 Å². The minimum Gasteiger partial charge on any atom is -0.507 e. The molecule has 1 aromatic heterocycles. The Kier molecular flexibility index (Phi) is 2.98. The van der Waals surface area contributed by atoms with Crippen molar-refractivity contribution in [3.63, 3.8) is 0 Å². The van der Waals surface area contributed by atoms with E-state index in [-0.39, 0.29) is 0 Å². The van der Waals surface area contributed by atoms with Crippen LogP contribution in [0, 0.1) is 20.8 Å². The van der Waals surface area contributed by atoms with Gasteiger partial charge in [0.2, 0.25) is 0 Å². The van der Waals surface area contributed by atoms with Gasteiger partial charge in [-0.25, -0.2) is 0 Å². The number of H-pyrrole nitrogens is 1. The molecule has 0 aliphatic carbocycles. The van der Waals surface area contributed by atoms with Crippen LogP contribution >= 0.6 is 11.6 Å². The molecule has 0 saturated carbocycles. The fourth-order valence-corrected chi connectivity index (χ4v) is 2.86. The van der Waals surface area contributed by atoms with E-state index in [4.69, 9.17) is 11.6 Å². The molecule has 3 aromatic rings. The minimum absolute atomic E-state index is 0.366. The molecule has 0 bridgehead atoms. The number of phenols is 1. The molecule has 2 N–H and O–H groups in total. The lowest BCUT2D eigenvalue weighted by molar-refractivity contribution is 0.467. The highest BCUT2D eigenvalue weighted by atomic mass is 35.5. The van der Waals surface area contributed by atoms with Crippen molar-refractivity contribution in [2.24, 2.45) is 0 Å². The van der Waals surface area contributed by atoms with Crippen molar-refractivity contribution >= 4 is 22.5 Å². The van der Waals surface area contributed by atoms with Gasteiger partial charge < -0.3 is 10.1 Å². The molecule has 3 heteroatoms. The highest BCUT2D eigenvalue weighted by molar-refractivity contribution is 6.31. The Morgan fingerprint density at radius 3 is 2.30 bits per heavy atom.